The van der Waals surface area contributed by atoms with Crippen LogP contribution in [0, 0.1) is 15.5 Å². The van der Waals surface area contributed by atoms with Gasteiger partial charge in [0.15, 0.2) is 11.4 Å². The van der Waals surface area contributed by atoms with Crippen molar-refractivity contribution < 1.29 is 32.3 Å². The van der Waals surface area contributed by atoms with E-state index in [1.165, 1.54) is 36.5 Å². The van der Waals surface area contributed by atoms with Gasteiger partial charge < -0.3 is 34.3 Å². The quantitative estimate of drug-likeness (QED) is 0.0823. The SMILES string of the molecule is C=C(C)c1ccccc1[C@@H]1CCCN1C1CC2(CCN(c3ccc(C(=O)NS(=O)(=O)c4cc5c(c([N+](=O)[O-])c4)N[C@@H](Cc4ccccn4)CO5)c(N4c5cc6cc[nH]c6nc5O[C@@H]5COCC[C@@H]54)c3)CC2)C1. The van der Waals surface area contributed by atoms with Crippen molar-refractivity contribution in [1.82, 2.24) is 24.6 Å². The molecule has 1 saturated carbocycles. The molecule has 72 heavy (non-hydrogen) atoms. The molecule has 1 amide bonds. The number of rotatable bonds is 11. The number of benzene rings is 3. The van der Waals surface area contributed by atoms with Crippen molar-refractivity contribution >= 4 is 61.0 Å². The number of H-pyrrole nitrogens is 1. The molecular formula is C54H57N9O8S. The lowest BCUT2D eigenvalue weighted by molar-refractivity contribution is -0.384. The van der Waals surface area contributed by atoms with Gasteiger partial charge in [-0.05, 0) is 117 Å². The average molecular weight is 992 g/mol. The summed E-state index contributed by atoms with van der Waals surface area (Å²) in [5.74, 6) is -0.548. The van der Waals surface area contributed by atoms with Crippen LogP contribution in [0.5, 0.6) is 11.6 Å². The summed E-state index contributed by atoms with van der Waals surface area (Å²) in [5.41, 5.74) is 7.13. The number of likely N-dealkylation sites (tertiary alicyclic amines) is 1. The first kappa shape index (κ1) is 46.1. The number of nitrogens with one attached hydrogen (secondary N) is 3. The maximum atomic E-state index is 14.8. The molecule has 4 fully saturated rings. The Kier molecular flexibility index (Phi) is 11.7. The number of nitrogens with zero attached hydrogens (tertiary/aromatic N) is 6. The minimum absolute atomic E-state index is 0.0104. The van der Waals surface area contributed by atoms with Crippen LogP contribution in [0.2, 0.25) is 0 Å². The number of sulfonamides is 1. The third-order valence-corrected chi connectivity index (χ3v) is 17.2. The number of hydrogen-bond donors (Lipinski definition) is 3. The molecule has 0 radical (unpaired) electrons. The Hall–Kier alpha value is -7.02. The van der Waals surface area contributed by atoms with E-state index in [0.717, 1.165) is 67.3 Å². The second kappa shape index (κ2) is 18.2. The lowest BCUT2D eigenvalue weighted by atomic mass is 9.59. The molecule has 5 aliphatic heterocycles. The van der Waals surface area contributed by atoms with Gasteiger partial charge in [-0.25, -0.2) is 13.1 Å². The molecule has 12 rings (SSSR count). The second-order valence-electron chi connectivity index (χ2n) is 20.4. The molecule has 3 saturated heterocycles. The molecule has 3 aromatic heterocycles. The smallest absolute Gasteiger partial charge is 0.297 e. The number of nitro benzene ring substituents is 1. The molecule has 18 heteroatoms. The molecule has 3 N–H and O–H groups in total. The summed E-state index contributed by atoms with van der Waals surface area (Å²) >= 11 is 0. The second-order valence-corrected chi connectivity index (χ2v) is 22.1. The lowest BCUT2D eigenvalue weighted by Crippen LogP contribution is -2.55. The lowest BCUT2D eigenvalue weighted by Gasteiger charge is -2.56. The van der Waals surface area contributed by atoms with E-state index in [1.54, 1.807) is 24.5 Å². The number of piperidine rings is 1. The number of allylic oxidation sites excluding steroid dienone is 1. The summed E-state index contributed by atoms with van der Waals surface area (Å²) in [6.45, 7) is 10.0. The third kappa shape index (κ3) is 8.37. The van der Waals surface area contributed by atoms with Gasteiger partial charge in [-0.2, -0.15) is 4.98 Å². The largest absolute Gasteiger partial charge is 0.489 e. The number of carbonyl (C=O) groups excluding carboxylic acids is 1. The van der Waals surface area contributed by atoms with Crippen LogP contribution < -0.4 is 29.3 Å². The summed E-state index contributed by atoms with van der Waals surface area (Å²) < 4.78 is 49.4. The van der Waals surface area contributed by atoms with Crippen molar-refractivity contribution in [2.45, 2.75) is 93.5 Å². The summed E-state index contributed by atoms with van der Waals surface area (Å²) in [6.07, 6.45) is 10.8. The molecule has 1 aliphatic carbocycles. The van der Waals surface area contributed by atoms with Crippen molar-refractivity contribution in [3.63, 3.8) is 0 Å². The van der Waals surface area contributed by atoms with Crippen molar-refractivity contribution in [2.75, 3.05) is 54.6 Å². The number of aromatic nitrogens is 3. The zero-order chi connectivity index (χ0) is 49.3. The first-order chi connectivity index (χ1) is 34.9. The number of carbonyl (C=O) groups is 1. The van der Waals surface area contributed by atoms with E-state index in [-0.39, 0.29) is 41.1 Å². The Morgan fingerprint density at radius 3 is 2.61 bits per heavy atom. The van der Waals surface area contributed by atoms with Crippen LogP contribution in [0.15, 0.2) is 109 Å². The van der Waals surface area contributed by atoms with Gasteiger partial charge in [0.1, 0.15) is 24.0 Å². The molecule has 6 aliphatic rings. The van der Waals surface area contributed by atoms with E-state index in [0.29, 0.717) is 61.0 Å². The highest BCUT2D eigenvalue weighted by atomic mass is 32.2. The summed E-state index contributed by atoms with van der Waals surface area (Å²) in [6, 6.07) is 26.2. The van der Waals surface area contributed by atoms with Crippen LogP contribution in [-0.4, -0.2) is 103 Å². The van der Waals surface area contributed by atoms with Gasteiger partial charge in [-0.3, -0.25) is 24.8 Å². The number of ether oxygens (including phenoxy) is 3. The molecule has 1 spiro atoms. The third-order valence-electron chi connectivity index (χ3n) is 15.9. The van der Waals surface area contributed by atoms with Gasteiger partial charge in [0, 0.05) is 79.5 Å². The molecular weight excluding hydrogens is 935 g/mol. The van der Waals surface area contributed by atoms with E-state index >= 15 is 0 Å². The van der Waals surface area contributed by atoms with Crippen molar-refractivity contribution in [3.8, 4) is 11.6 Å². The molecule has 6 aromatic rings. The minimum atomic E-state index is -4.71. The Balaban J connectivity index is 0.836. The van der Waals surface area contributed by atoms with Crippen LogP contribution in [0.1, 0.15) is 85.1 Å². The van der Waals surface area contributed by atoms with E-state index in [2.05, 4.69) is 72.5 Å². The average Bonchev–Trinajstić information content (AvgIpc) is 4.06. The van der Waals surface area contributed by atoms with Gasteiger partial charge in [-0.1, -0.05) is 42.5 Å². The maximum Gasteiger partial charge on any atom is 0.297 e. The van der Waals surface area contributed by atoms with E-state index in [9.17, 15) is 23.3 Å². The molecule has 8 heterocycles. The monoisotopic (exact) mass is 991 g/mol. The molecule has 372 valence electrons. The first-order valence-corrected chi connectivity index (χ1v) is 26.5. The van der Waals surface area contributed by atoms with Crippen LogP contribution in [0.3, 0.4) is 0 Å². The van der Waals surface area contributed by atoms with Crippen molar-refractivity contribution in [1.29, 1.82) is 0 Å². The number of amides is 1. The highest BCUT2D eigenvalue weighted by Gasteiger charge is 2.50. The summed E-state index contributed by atoms with van der Waals surface area (Å²) in [4.78, 5) is 45.7. The normalized spacial score (nSPS) is 22.7. The Bertz CT molecular complexity index is 3220. The topological polar surface area (TPSA) is 197 Å². The number of pyridine rings is 2. The maximum absolute atomic E-state index is 14.8. The van der Waals surface area contributed by atoms with Gasteiger partial charge >= 0.3 is 0 Å². The zero-order valence-electron chi connectivity index (χ0n) is 40.1. The highest BCUT2D eigenvalue weighted by Crippen LogP contribution is 2.55. The fourth-order valence-corrected chi connectivity index (χ4v) is 13.3. The predicted molar refractivity (Wildman–Crippen MR) is 274 cm³/mol. The van der Waals surface area contributed by atoms with Gasteiger partial charge in [0.25, 0.3) is 21.6 Å². The van der Waals surface area contributed by atoms with E-state index in [4.69, 9.17) is 19.2 Å². The molecule has 4 atom stereocenters. The van der Waals surface area contributed by atoms with Crippen LogP contribution >= 0.6 is 0 Å². The van der Waals surface area contributed by atoms with E-state index in [1.807, 2.05) is 36.4 Å². The first-order valence-electron chi connectivity index (χ1n) is 25.0. The van der Waals surface area contributed by atoms with Crippen LogP contribution in [0.25, 0.3) is 16.6 Å². The standard InChI is InChI=1S/C54H57N9O8S/c1-33(2)40-9-3-4-10-41(40)43-11-7-20-61(43)38-29-54(30-38)16-21-60(22-17-54)37-12-13-42(45(26-37)62-44-15-23-69-32-49(44)71-53-47(62)24-34-14-19-56-51(34)58-53)52(64)59-72(67,68)39-27-46(63(65)66)50-48(28-39)70-31-36(57-50)25-35-8-5-6-18-55-35/h3-6,8-10,12-14,18-19,24,26-28,36,38,43-44,49,57H,1,7,11,15-17,20-23,25,29-32H2,2H3,(H,56,58)(H,59,64)/t36-,43-,44-,49+/m0/s1. The fraction of sp³-hybridized carbons (Fsp3) is 0.389. The number of anilines is 4. The van der Waals surface area contributed by atoms with E-state index < -0.39 is 37.5 Å². The Morgan fingerprint density at radius 1 is 0.972 bits per heavy atom. The Morgan fingerprint density at radius 2 is 1.81 bits per heavy atom. The van der Waals surface area contributed by atoms with Gasteiger partial charge in [0.05, 0.1) is 39.8 Å². The number of aromatic amines is 1. The van der Waals surface area contributed by atoms with Crippen molar-refractivity contribution in [2.24, 2.45) is 5.41 Å². The van der Waals surface area contributed by atoms with Crippen LogP contribution in [0.4, 0.5) is 28.4 Å². The number of hydrogen-bond acceptors (Lipinski definition) is 14. The zero-order valence-corrected chi connectivity index (χ0v) is 40.9. The molecule has 17 nitrogen and oxygen atoms in total. The minimum Gasteiger partial charge on any atom is -0.489 e. The van der Waals surface area contributed by atoms with Crippen molar-refractivity contribution in [3.05, 3.63) is 136 Å². The summed E-state index contributed by atoms with van der Waals surface area (Å²) in [7, 11) is -4.71. The number of nitro groups is 1. The Labute approximate surface area is 417 Å². The number of fused-ring (bicyclic) bond motifs is 4. The van der Waals surface area contributed by atoms with Gasteiger partial charge in [0.2, 0.25) is 5.88 Å². The summed E-state index contributed by atoms with van der Waals surface area (Å²) in [5, 5.41) is 16.5. The molecule has 3 aromatic carbocycles. The highest BCUT2D eigenvalue weighted by molar-refractivity contribution is 7.90. The van der Waals surface area contributed by atoms with Gasteiger partial charge in [-0.15, -0.1) is 0 Å². The molecule has 0 unspecified atom stereocenters. The predicted octanol–water partition coefficient (Wildman–Crippen LogP) is 8.71. The van der Waals surface area contributed by atoms with Crippen LogP contribution in [-0.2, 0) is 21.2 Å². The fourth-order valence-electron chi connectivity index (χ4n) is 12.3. The molecule has 0 bridgehead atoms.